The number of benzene rings is 3. The number of carbonyl (C=O) groups excluding carboxylic acids is 9. The maximum atomic E-state index is 15.5. The van der Waals surface area contributed by atoms with Gasteiger partial charge in [0, 0.05) is 61.3 Å². The van der Waals surface area contributed by atoms with E-state index in [-0.39, 0.29) is 30.8 Å². The molecule has 1 aliphatic rings. The van der Waals surface area contributed by atoms with Crippen molar-refractivity contribution in [1.29, 1.82) is 0 Å². The number of carboxylic acid groups (broad SMARTS) is 1. The minimum absolute atomic E-state index is 0.114. The van der Waals surface area contributed by atoms with E-state index in [0.29, 0.717) is 21.1 Å². The fourth-order valence-electron chi connectivity index (χ4n) is 8.70. The first-order chi connectivity index (χ1) is 36.9. The van der Waals surface area contributed by atoms with E-state index in [1.165, 1.54) is 11.8 Å². The molecule has 0 fully saturated rings. The fraction of sp³-hybridized carbons (Fsp3) is 0.370. The van der Waals surface area contributed by atoms with Gasteiger partial charge < -0.3 is 56.3 Å². The van der Waals surface area contributed by atoms with Gasteiger partial charge in [-0.3, -0.25) is 43.3 Å². The van der Waals surface area contributed by atoms with Gasteiger partial charge in [-0.25, -0.2) is 18.4 Å². The molecule has 0 unspecified atom stereocenters. The number of alkyl carbamates (subject to hydrolysis) is 1. The van der Waals surface area contributed by atoms with Crippen molar-refractivity contribution >= 4 is 59.3 Å². The lowest BCUT2D eigenvalue weighted by molar-refractivity contribution is -0.158. The summed E-state index contributed by atoms with van der Waals surface area (Å²) in [6.07, 6.45) is 0.782. The average Bonchev–Trinajstić information content (AvgIpc) is 4.00. The largest absolute Gasteiger partial charge is 0.480 e. The molecule has 1 aliphatic heterocycles. The molecule has 5 atom stereocenters. The number of amides is 9. The van der Waals surface area contributed by atoms with Gasteiger partial charge in [0.25, 0.3) is 11.8 Å². The Labute approximate surface area is 447 Å². The van der Waals surface area contributed by atoms with Gasteiger partial charge in [-0.1, -0.05) is 81.4 Å². The number of rotatable bonds is 26. The van der Waals surface area contributed by atoms with Crippen molar-refractivity contribution in [3.8, 4) is 11.1 Å². The number of aliphatic hydroxyl groups excluding tert-OH is 1. The van der Waals surface area contributed by atoms with E-state index in [2.05, 4.69) is 21.3 Å². The van der Waals surface area contributed by atoms with E-state index in [1.807, 2.05) is 12.1 Å². The van der Waals surface area contributed by atoms with Gasteiger partial charge in [-0.15, -0.1) is 0 Å². The van der Waals surface area contributed by atoms with Gasteiger partial charge in [0.15, 0.2) is 0 Å². The van der Waals surface area contributed by atoms with Crippen molar-refractivity contribution in [2.45, 2.75) is 90.8 Å². The van der Waals surface area contributed by atoms with Crippen LogP contribution in [0, 0.1) is 17.0 Å². The number of ether oxygens (including phenoxy) is 1. The van der Waals surface area contributed by atoms with Crippen LogP contribution in [0.3, 0.4) is 0 Å². The summed E-state index contributed by atoms with van der Waals surface area (Å²) in [6.45, 7) is 4.50. The van der Waals surface area contributed by atoms with Gasteiger partial charge in [0.1, 0.15) is 55.6 Å². The highest BCUT2D eigenvalue weighted by molar-refractivity contribution is 6.14. The van der Waals surface area contributed by atoms with Gasteiger partial charge in [-0.2, -0.15) is 0 Å². The topological polar surface area (TPSA) is 309 Å². The number of carboxylic acids is 1. The first-order valence-electron chi connectivity index (χ1n) is 24.7. The van der Waals surface area contributed by atoms with Gasteiger partial charge in [0.05, 0.1) is 12.5 Å². The number of aliphatic carboxylic acids is 1. The Morgan fingerprint density at radius 1 is 0.782 bits per heavy atom. The molecule has 1 aromatic heterocycles. The number of hydrogen-bond donors (Lipinski definition) is 7. The smallest absolute Gasteiger partial charge is 0.408 e. The standard InChI is InChI=1S/C54H63F2N9O13/c1-32(61-53(77)78-31-35-14-10-7-11-15-35)49(72)60-33(2)51(74)65(42(52(75)76)26-43(57)67)40(50(73)59-22-21-58-44(68)29-64-45(69)18-19-46(64)70)20-23-63(47(71)30-66)48(54(3,4)5)41-24-36(38-25-37(55)16-17-39(38)56)28-62(41)27-34-12-8-6-9-13-34/h6-19,24-25,28,32-33,40,42,48,66H,20-23,26-27,29-31H2,1-5H3,(H2,57,67)(H,58,68)(H,59,73)(H,60,72)(H,61,77)(H,75,76)/t32-,33+,40-,42-,48-/m0/s1. The summed E-state index contributed by atoms with van der Waals surface area (Å²) in [5, 5.41) is 30.9. The lowest BCUT2D eigenvalue weighted by Gasteiger charge is -2.42. The predicted molar refractivity (Wildman–Crippen MR) is 276 cm³/mol. The zero-order chi connectivity index (χ0) is 57.4. The van der Waals surface area contributed by atoms with Crippen LogP contribution in [0.25, 0.3) is 11.1 Å². The van der Waals surface area contributed by atoms with Crippen LogP contribution < -0.4 is 27.0 Å². The predicted octanol–water partition coefficient (Wildman–Crippen LogP) is 2.28. The number of aliphatic hydroxyl groups is 1. The highest BCUT2D eigenvalue weighted by atomic mass is 19.1. The third-order valence-corrected chi connectivity index (χ3v) is 12.4. The number of nitrogens with two attached hydrogens (primary N) is 1. The molecule has 416 valence electrons. The molecular weight excluding hydrogens is 1020 g/mol. The van der Waals surface area contributed by atoms with Gasteiger partial charge in [0.2, 0.25) is 35.4 Å². The van der Waals surface area contributed by atoms with Gasteiger partial charge in [-0.05, 0) is 61.1 Å². The second kappa shape index (κ2) is 27.3. The third kappa shape index (κ3) is 16.4. The first-order valence-corrected chi connectivity index (χ1v) is 24.7. The Balaban J connectivity index is 1.54. The van der Waals surface area contributed by atoms with E-state index in [0.717, 1.165) is 42.8 Å². The molecule has 2 heterocycles. The molecule has 0 aliphatic carbocycles. The summed E-state index contributed by atoms with van der Waals surface area (Å²) in [4.78, 5) is 135. The quantitative estimate of drug-likeness (QED) is 0.0351. The molecule has 0 radical (unpaired) electrons. The van der Waals surface area contributed by atoms with Gasteiger partial charge >= 0.3 is 12.1 Å². The monoisotopic (exact) mass is 1080 g/mol. The molecular formula is C54H63F2N9O13. The number of hydrogen-bond acceptors (Lipinski definition) is 12. The Morgan fingerprint density at radius 3 is 1.99 bits per heavy atom. The number of nitrogens with zero attached hydrogens (tertiary/aromatic N) is 4. The molecule has 3 aromatic carbocycles. The highest BCUT2D eigenvalue weighted by Gasteiger charge is 2.44. The van der Waals surface area contributed by atoms with E-state index >= 15 is 4.39 Å². The zero-order valence-electron chi connectivity index (χ0n) is 43.6. The summed E-state index contributed by atoms with van der Waals surface area (Å²) >= 11 is 0. The van der Waals surface area contributed by atoms with E-state index in [4.69, 9.17) is 10.5 Å². The van der Waals surface area contributed by atoms with Crippen LogP contribution in [0.2, 0.25) is 0 Å². The molecule has 0 spiro atoms. The molecule has 5 rings (SSSR count). The number of imide groups is 1. The molecule has 0 saturated carbocycles. The average molecular weight is 1080 g/mol. The minimum Gasteiger partial charge on any atom is -0.480 e. The van der Waals surface area contributed by atoms with Crippen molar-refractivity contribution in [2.75, 3.05) is 32.8 Å². The highest BCUT2D eigenvalue weighted by Crippen LogP contribution is 2.41. The van der Waals surface area contributed by atoms with Crippen LogP contribution in [-0.2, 0) is 61.0 Å². The molecule has 8 N–H and O–H groups in total. The number of primary amides is 1. The van der Waals surface area contributed by atoms with E-state index in [9.17, 15) is 62.5 Å². The van der Waals surface area contributed by atoms with E-state index in [1.54, 1.807) is 86.1 Å². The van der Waals surface area contributed by atoms with Crippen molar-refractivity contribution in [1.82, 2.24) is 40.5 Å². The Hall–Kier alpha value is -8.80. The van der Waals surface area contributed by atoms with Crippen LogP contribution in [0.1, 0.15) is 70.3 Å². The van der Waals surface area contributed by atoms with Crippen LogP contribution in [0.15, 0.2) is 103 Å². The van der Waals surface area contributed by atoms with Crippen molar-refractivity contribution in [3.63, 3.8) is 0 Å². The molecule has 24 heteroatoms. The summed E-state index contributed by atoms with van der Waals surface area (Å²) in [6, 6.07) is 13.7. The molecule has 0 bridgehead atoms. The first kappa shape index (κ1) is 60.1. The fourth-order valence-corrected chi connectivity index (χ4v) is 8.70. The lowest BCUT2D eigenvalue weighted by atomic mass is 9.82. The zero-order valence-corrected chi connectivity index (χ0v) is 43.6. The normalized spacial score (nSPS) is 14.1. The Bertz CT molecular complexity index is 2880. The maximum absolute atomic E-state index is 15.5. The molecule has 0 saturated heterocycles. The number of halogens is 2. The minimum atomic E-state index is -2.22. The molecule has 78 heavy (non-hydrogen) atoms. The van der Waals surface area contributed by atoms with Crippen molar-refractivity contribution in [3.05, 3.63) is 132 Å². The summed E-state index contributed by atoms with van der Waals surface area (Å²) < 4.78 is 37.1. The van der Waals surface area contributed by atoms with Crippen LogP contribution in [-0.4, -0.2) is 146 Å². The second-order valence-corrected chi connectivity index (χ2v) is 19.4. The SMILES string of the molecule is C[C@H](NC(=O)OCc1ccccc1)C(=O)N[C@H](C)C(=O)N([C@@H](CC(N)=O)C(=O)O)[C@@H](CCN(C(=O)CO)[C@@H](c1cc(-c2cc(F)ccc2F)cn1Cc1ccccc1)C(C)(C)C)C(=O)NCCNC(=O)CN1C(=O)C=CC1=O. The van der Waals surface area contributed by atoms with E-state index < -0.39 is 146 Å². The van der Waals surface area contributed by atoms with Crippen LogP contribution in [0.4, 0.5) is 13.6 Å². The second-order valence-electron chi connectivity index (χ2n) is 19.4. The molecule has 22 nitrogen and oxygen atoms in total. The molecule has 4 aromatic rings. The number of aromatic nitrogens is 1. The summed E-state index contributed by atoms with van der Waals surface area (Å²) in [7, 11) is 0. The number of nitrogens with one attached hydrogen (secondary N) is 4. The van der Waals surface area contributed by atoms with Crippen LogP contribution in [0.5, 0.6) is 0 Å². The number of carbonyl (C=O) groups is 10. The van der Waals surface area contributed by atoms with Crippen molar-refractivity contribution in [2.24, 2.45) is 11.1 Å². The Morgan fingerprint density at radius 2 is 1.40 bits per heavy atom. The molecule has 9 amide bonds. The maximum Gasteiger partial charge on any atom is 0.408 e. The third-order valence-electron chi connectivity index (χ3n) is 12.4. The van der Waals surface area contributed by atoms with Crippen molar-refractivity contribution < 1.29 is 71.7 Å². The van der Waals surface area contributed by atoms with Crippen LogP contribution >= 0.6 is 0 Å². The lowest BCUT2D eigenvalue weighted by Crippen LogP contribution is -2.62. The summed E-state index contributed by atoms with van der Waals surface area (Å²) in [5.74, 6) is -11.1. The Kier molecular flexibility index (Phi) is 21.0. The summed E-state index contributed by atoms with van der Waals surface area (Å²) in [5.41, 5.74) is 6.36.